The SMILES string of the molecule is COc1cc(/C=N\N2C(=O)[C@H]3[C@H](C2=O)[C@H]2C=C[C@H]3CC2)cc(Br)c1OCc1ccccc1Cl. The van der Waals surface area contributed by atoms with Crippen molar-refractivity contribution in [3.8, 4) is 11.5 Å². The third kappa shape index (κ3) is 3.97. The average molecular weight is 530 g/mol. The van der Waals surface area contributed by atoms with E-state index in [0.717, 1.165) is 23.4 Å². The van der Waals surface area contributed by atoms with Crippen LogP contribution in [-0.4, -0.2) is 30.1 Å². The Balaban J connectivity index is 1.35. The number of halogens is 2. The predicted molar refractivity (Wildman–Crippen MR) is 128 cm³/mol. The van der Waals surface area contributed by atoms with Gasteiger partial charge >= 0.3 is 0 Å². The molecule has 2 aromatic rings. The van der Waals surface area contributed by atoms with Crippen LogP contribution in [0.4, 0.5) is 0 Å². The molecule has 0 unspecified atom stereocenters. The number of allylic oxidation sites excluding steroid dienone is 2. The Morgan fingerprint density at radius 3 is 2.39 bits per heavy atom. The molecule has 4 atom stereocenters. The van der Waals surface area contributed by atoms with E-state index in [4.69, 9.17) is 21.1 Å². The van der Waals surface area contributed by atoms with Gasteiger partial charge in [-0.15, -0.1) is 0 Å². The van der Waals surface area contributed by atoms with E-state index in [1.165, 1.54) is 6.21 Å². The van der Waals surface area contributed by atoms with Gasteiger partial charge in [0.25, 0.3) is 11.8 Å². The molecular weight excluding hydrogens is 508 g/mol. The monoisotopic (exact) mass is 528 g/mol. The van der Waals surface area contributed by atoms with Crippen LogP contribution in [0.3, 0.4) is 0 Å². The van der Waals surface area contributed by atoms with Gasteiger partial charge in [0.05, 0.1) is 29.6 Å². The number of carbonyl (C=O) groups excluding carboxylic acids is 2. The molecule has 4 aliphatic rings. The van der Waals surface area contributed by atoms with E-state index in [1.54, 1.807) is 19.2 Å². The first-order valence-electron chi connectivity index (χ1n) is 10.8. The number of methoxy groups -OCH3 is 1. The molecule has 6 rings (SSSR count). The number of hydrogen-bond donors (Lipinski definition) is 0. The molecule has 33 heavy (non-hydrogen) atoms. The first-order valence-corrected chi connectivity index (χ1v) is 12.0. The molecule has 6 nitrogen and oxygen atoms in total. The third-order valence-electron chi connectivity index (χ3n) is 6.64. The summed E-state index contributed by atoms with van der Waals surface area (Å²) >= 11 is 9.75. The van der Waals surface area contributed by atoms with Crippen LogP contribution in [0, 0.1) is 23.7 Å². The van der Waals surface area contributed by atoms with E-state index in [0.29, 0.717) is 26.6 Å². The van der Waals surface area contributed by atoms with Gasteiger partial charge in [-0.2, -0.15) is 10.1 Å². The molecule has 1 saturated heterocycles. The van der Waals surface area contributed by atoms with Crippen molar-refractivity contribution in [1.82, 2.24) is 5.01 Å². The molecule has 1 aliphatic heterocycles. The molecule has 170 valence electrons. The van der Waals surface area contributed by atoms with Crippen molar-refractivity contribution in [3.63, 3.8) is 0 Å². The summed E-state index contributed by atoms with van der Waals surface area (Å²) in [4.78, 5) is 25.9. The maximum Gasteiger partial charge on any atom is 0.254 e. The van der Waals surface area contributed by atoms with Gasteiger partial charge in [-0.25, -0.2) is 0 Å². The van der Waals surface area contributed by atoms with Crippen LogP contribution >= 0.6 is 27.5 Å². The zero-order chi connectivity index (χ0) is 23.1. The molecule has 1 saturated carbocycles. The molecule has 2 fully saturated rings. The summed E-state index contributed by atoms with van der Waals surface area (Å²) in [6.45, 7) is 0.276. The molecular formula is C25H22BrClN2O4. The molecule has 0 aromatic heterocycles. The summed E-state index contributed by atoms with van der Waals surface area (Å²) in [6, 6.07) is 11.0. The van der Waals surface area contributed by atoms with Gasteiger partial charge in [-0.1, -0.05) is 42.0 Å². The van der Waals surface area contributed by atoms with Gasteiger partial charge < -0.3 is 9.47 Å². The number of fused-ring (bicyclic) bond motifs is 1. The number of hydrogen-bond acceptors (Lipinski definition) is 5. The Morgan fingerprint density at radius 1 is 1.12 bits per heavy atom. The van der Waals surface area contributed by atoms with Crippen LogP contribution in [0.5, 0.6) is 11.5 Å². The lowest BCUT2D eigenvalue weighted by Gasteiger charge is -2.37. The number of benzene rings is 2. The highest BCUT2D eigenvalue weighted by molar-refractivity contribution is 9.10. The molecule has 0 N–H and O–H groups in total. The van der Waals surface area contributed by atoms with E-state index in [9.17, 15) is 9.59 Å². The van der Waals surface area contributed by atoms with Gasteiger partial charge in [0.1, 0.15) is 6.61 Å². The number of carbonyl (C=O) groups is 2. The highest BCUT2D eigenvalue weighted by atomic mass is 79.9. The summed E-state index contributed by atoms with van der Waals surface area (Å²) in [6.07, 6.45) is 7.61. The van der Waals surface area contributed by atoms with Crippen LogP contribution in [-0.2, 0) is 16.2 Å². The lowest BCUT2D eigenvalue weighted by Crippen LogP contribution is -2.38. The van der Waals surface area contributed by atoms with Gasteiger partial charge in [-0.3, -0.25) is 9.59 Å². The molecule has 1 heterocycles. The quantitative estimate of drug-likeness (QED) is 0.292. The Kier molecular flexibility index (Phi) is 6.01. The first kappa shape index (κ1) is 22.2. The third-order valence-corrected chi connectivity index (χ3v) is 7.60. The maximum absolute atomic E-state index is 12.9. The van der Waals surface area contributed by atoms with E-state index in [2.05, 4.69) is 33.2 Å². The molecule has 2 aromatic carbocycles. The van der Waals surface area contributed by atoms with Crippen molar-refractivity contribution in [1.29, 1.82) is 0 Å². The highest BCUT2D eigenvalue weighted by Gasteiger charge is 2.56. The number of ether oxygens (including phenoxy) is 2. The summed E-state index contributed by atoms with van der Waals surface area (Å²) < 4.78 is 12.1. The zero-order valence-corrected chi connectivity index (χ0v) is 20.3. The second-order valence-corrected chi connectivity index (χ2v) is 9.75. The van der Waals surface area contributed by atoms with Gasteiger partial charge in [0.15, 0.2) is 11.5 Å². The lowest BCUT2D eigenvalue weighted by atomic mass is 9.63. The predicted octanol–water partition coefficient (Wildman–Crippen LogP) is 5.22. The van der Waals surface area contributed by atoms with Crippen molar-refractivity contribution >= 4 is 45.6 Å². The molecule has 0 radical (unpaired) electrons. The van der Waals surface area contributed by atoms with Crippen molar-refractivity contribution in [3.05, 3.63) is 69.2 Å². The van der Waals surface area contributed by atoms with E-state index >= 15 is 0 Å². The van der Waals surface area contributed by atoms with E-state index in [1.807, 2.05) is 24.3 Å². The van der Waals surface area contributed by atoms with Crippen LogP contribution in [0.2, 0.25) is 5.02 Å². The van der Waals surface area contributed by atoms with Crippen molar-refractivity contribution in [2.24, 2.45) is 28.8 Å². The lowest BCUT2D eigenvalue weighted by molar-refractivity contribution is -0.140. The van der Waals surface area contributed by atoms with Gasteiger partial charge in [0.2, 0.25) is 0 Å². The molecule has 3 aliphatic carbocycles. The standard InChI is InChI=1S/C25H22BrClN2O4/c1-32-20-11-14(10-18(26)23(20)33-13-17-4-2-3-5-19(17)27)12-28-29-24(30)21-15-6-7-16(9-8-15)22(21)25(29)31/h2-7,10-12,15-16,21-22H,8-9,13H2,1H3/b28-12-/t15-,16-,21+,22+/m0/s1. The van der Waals surface area contributed by atoms with Crippen LogP contribution < -0.4 is 9.47 Å². The Morgan fingerprint density at radius 2 is 1.79 bits per heavy atom. The normalized spacial score (nSPS) is 25.7. The number of amides is 2. The minimum absolute atomic E-state index is 0.139. The molecule has 0 spiro atoms. The van der Waals surface area contributed by atoms with Crippen LogP contribution in [0.15, 0.2) is 58.1 Å². The zero-order valence-electron chi connectivity index (χ0n) is 17.9. The maximum atomic E-state index is 12.9. The van der Waals surface area contributed by atoms with Crippen molar-refractivity contribution in [2.75, 3.05) is 7.11 Å². The first-order chi connectivity index (χ1) is 16.0. The van der Waals surface area contributed by atoms with Gasteiger partial charge in [0, 0.05) is 10.6 Å². The second kappa shape index (κ2) is 8.95. The number of hydrazone groups is 1. The summed E-state index contributed by atoms with van der Waals surface area (Å²) in [5, 5.41) is 5.95. The summed E-state index contributed by atoms with van der Waals surface area (Å²) in [5.41, 5.74) is 1.52. The highest BCUT2D eigenvalue weighted by Crippen LogP contribution is 2.49. The van der Waals surface area contributed by atoms with E-state index in [-0.39, 0.29) is 42.1 Å². The average Bonchev–Trinajstić information content (AvgIpc) is 3.10. The number of nitrogens with zero attached hydrogens (tertiary/aromatic N) is 2. The Labute approximate surface area is 205 Å². The van der Waals surface area contributed by atoms with Gasteiger partial charge in [-0.05, 0) is 64.4 Å². The van der Waals surface area contributed by atoms with Crippen LogP contribution in [0.25, 0.3) is 0 Å². The number of imide groups is 1. The molecule has 2 amide bonds. The second-order valence-electron chi connectivity index (χ2n) is 8.49. The topological polar surface area (TPSA) is 68.2 Å². The number of rotatable bonds is 6. The fraction of sp³-hybridized carbons (Fsp3) is 0.320. The minimum atomic E-state index is -0.278. The van der Waals surface area contributed by atoms with Crippen molar-refractivity contribution < 1.29 is 19.1 Å². The molecule has 8 heteroatoms. The summed E-state index contributed by atoms with van der Waals surface area (Å²) in [5.74, 6) is 0.336. The fourth-order valence-electron chi connectivity index (χ4n) is 5.02. The van der Waals surface area contributed by atoms with Crippen molar-refractivity contribution in [2.45, 2.75) is 19.4 Å². The smallest absolute Gasteiger partial charge is 0.254 e. The summed E-state index contributed by atoms with van der Waals surface area (Å²) in [7, 11) is 1.55. The fourth-order valence-corrected chi connectivity index (χ4v) is 5.78. The minimum Gasteiger partial charge on any atom is -0.493 e. The Bertz CT molecular complexity index is 1150. The van der Waals surface area contributed by atoms with Crippen LogP contribution in [0.1, 0.15) is 24.0 Å². The molecule has 2 bridgehead atoms. The Hall–Kier alpha value is -2.64. The van der Waals surface area contributed by atoms with E-state index < -0.39 is 0 Å². The largest absolute Gasteiger partial charge is 0.493 e.